The molecular formula is C18H16FN3O. The molecule has 0 fully saturated rings. The van der Waals surface area contributed by atoms with Crippen molar-refractivity contribution in [3.8, 4) is 0 Å². The topological polar surface area (TPSA) is 57.2 Å². The van der Waals surface area contributed by atoms with Gasteiger partial charge in [0.1, 0.15) is 5.82 Å². The fourth-order valence-corrected chi connectivity index (χ4v) is 2.40. The van der Waals surface area contributed by atoms with E-state index in [0.29, 0.717) is 18.4 Å². The van der Waals surface area contributed by atoms with Crippen LogP contribution in [0, 0.1) is 5.82 Å². The molecule has 23 heavy (non-hydrogen) atoms. The fraction of sp³-hybridized carbons (Fsp3) is 0.111. The van der Waals surface area contributed by atoms with Crippen LogP contribution in [0.2, 0.25) is 0 Å². The van der Waals surface area contributed by atoms with Gasteiger partial charge in [0.15, 0.2) is 0 Å². The van der Waals surface area contributed by atoms with Crippen LogP contribution in [0.4, 0.5) is 4.39 Å². The molecule has 0 aliphatic rings. The van der Waals surface area contributed by atoms with E-state index in [-0.39, 0.29) is 11.7 Å². The van der Waals surface area contributed by atoms with Crippen molar-refractivity contribution in [1.29, 1.82) is 0 Å². The van der Waals surface area contributed by atoms with Gasteiger partial charge in [-0.15, -0.1) is 0 Å². The minimum Gasteiger partial charge on any atom is -0.361 e. The summed E-state index contributed by atoms with van der Waals surface area (Å²) in [6, 6.07) is 14.2. The number of carbonyl (C=O) groups is 1. The third-order valence-electron chi connectivity index (χ3n) is 3.59. The number of hydrogen-bond donors (Lipinski definition) is 2. The van der Waals surface area contributed by atoms with E-state index in [2.05, 4.69) is 15.5 Å². The minimum absolute atomic E-state index is 0.206. The predicted octanol–water partition coefficient (Wildman–Crippen LogP) is 3.39. The van der Waals surface area contributed by atoms with E-state index in [9.17, 15) is 9.18 Å². The molecule has 0 unspecified atom stereocenters. The number of nitrogens with zero attached hydrogens (tertiary/aromatic N) is 1. The van der Waals surface area contributed by atoms with Gasteiger partial charge in [0.05, 0.1) is 6.21 Å². The summed E-state index contributed by atoms with van der Waals surface area (Å²) in [5.41, 5.74) is 4.91. The molecule has 1 heterocycles. The van der Waals surface area contributed by atoms with Crippen LogP contribution in [-0.2, 0) is 11.2 Å². The standard InChI is InChI=1S/C18H16FN3O/c19-16-7-3-1-5-14(16)12-21-22-18(23)10-9-13-11-20-17-8-4-2-6-15(13)17/h1-8,11-12,20H,9-10H2,(H,22,23). The summed E-state index contributed by atoms with van der Waals surface area (Å²) in [4.78, 5) is 15.0. The van der Waals surface area contributed by atoms with Crippen molar-refractivity contribution in [3.05, 3.63) is 71.7 Å². The molecule has 0 spiro atoms. The van der Waals surface area contributed by atoms with Gasteiger partial charge in [-0.2, -0.15) is 5.10 Å². The van der Waals surface area contributed by atoms with Crippen LogP contribution >= 0.6 is 0 Å². The summed E-state index contributed by atoms with van der Waals surface area (Å²) in [6.45, 7) is 0. The number of aromatic amines is 1. The van der Waals surface area contributed by atoms with Crippen molar-refractivity contribution < 1.29 is 9.18 Å². The van der Waals surface area contributed by atoms with Crippen LogP contribution in [0.15, 0.2) is 59.8 Å². The van der Waals surface area contributed by atoms with Crippen molar-refractivity contribution in [3.63, 3.8) is 0 Å². The molecule has 3 aromatic rings. The van der Waals surface area contributed by atoms with Crippen molar-refractivity contribution in [2.24, 2.45) is 5.10 Å². The van der Waals surface area contributed by atoms with Crippen LogP contribution in [0.5, 0.6) is 0 Å². The van der Waals surface area contributed by atoms with E-state index >= 15 is 0 Å². The highest BCUT2D eigenvalue weighted by Gasteiger charge is 2.06. The molecule has 0 saturated heterocycles. The molecule has 5 heteroatoms. The van der Waals surface area contributed by atoms with Crippen LogP contribution in [0.25, 0.3) is 10.9 Å². The number of benzene rings is 2. The van der Waals surface area contributed by atoms with Gasteiger partial charge in [-0.1, -0.05) is 36.4 Å². The molecule has 0 atom stereocenters. The molecule has 2 aromatic carbocycles. The molecule has 1 aromatic heterocycles. The zero-order chi connectivity index (χ0) is 16.1. The Hall–Kier alpha value is -2.95. The zero-order valence-electron chi connectivity index (χ0n) is 12.4. The number of H-pyrrole nitrogens is 1. The number of carbonyl (C=O) groups excluding carboxylic acids is 1. The maximum atomic E-state index is 13.4. The highest BCUT2D eigenvalue weighted by atomic mass is 19.1. The lowest BCUT2D eigenvalue weighted by molar-refractivity contribution is -0.121. The lowest BCUT2D eigenvalue weighted by atomic mass is 10.1. The second-order valence-corrected chi connectivity index (χ2v) is 5.17. The molecule has 4 nitrogen and oxygen atoms in total. The Bertz CT molecular complexity index is 854. The highest BCUT2D eigenvalue weighted by Crippen LogP contribution is 2.18. The molecule has 1 amide bonds. The van der Waals surface area contributed by atoms with Gasteiger partial charge < -0.3 is 4.98 Å². The predicted molar refractivity (Wildman–Crippen MR) is 88.8 cm³/mol. The zero-order valence-corrected chi connectivity index (χ0v) is 12.4. The third-order valence-corrected chi connectivity index (χ3v) is 3.59. The van der Waals surface area contributed by atoms with Gasteiger partial charge in [0.2, 0.25) is 5.91 Å². The monoisotopic (exact) mass is 309 g/mol. The Morgan fingerprint density at radius 2 is 1.96 bits per heavy atom. The van der Waals surface area contributed by atoms with Crippen LogP contribution in [-0.4, -0.2) is 17.1 Å². The molecule has 0 aliphatic carbocycles. The van der Waals surface area contributed by atoms with E-state index in [4.69, 9.17) is 0 Å². The number of fused-ring (bicyclic) bond motifs is 1. The van der Waals surface area contributed by atoms with Crippen molar-refractivity contribution in [2.45, 2.75) is 12.8 Å². The Kier molecular flexibility index (Phi) is 4.47. The lowest BCUT2D eigenvalue weighted by Crippen LogP contribution is -2.17. The Labute approximate surface area is 133 Å². The molecule has 0 bridgehead atoms. The number of hydrogen-bond acceptors (Lipinski definition) is 2. The normalized spacial score (nSPS) is 11.2. The SMILES string of the molecule is O=C(CCc1c[nH]c2ccccc12)NN=Cc1ccccc1F. The summed E-state index contributed by atoms with van der Waals surface area (Å²) < 4.78 is 13.4. The largest absolute Gasteiger partial charge is 0.361 e. The lowest BCUT2D eigenvalue weighted by Gasteiger charge is -2.00. The van der Waals surface area contributed by atoms with E-state index in [0.717, 1.165) is 16.5 Å². The van der Waals surface area contributed by atoms with E-state index in [1.807, 2.05) is 30.5 Å². The summed E-state index contributed by atoms with van der Waals surface area (Å²) in [5.74, 6) is -0.577. The second-order valence-electron chi connectivity index (χ2n) is 5.17. The molecule has 0 saturated carbocycles. The number of aryl methyl sites for hydroxylation is 1. The quantitative estimate of drug-likeness (QED) is 0.551. The number of amides is 1. The third kappa shape index (κ3) is 3.63. The van der Waals surface area contributed by atoms with Gasteiger partial charge in [-0.05, 0) is 24.1 Å². The number of para-hydroxylation sites is 1. The van der Waals surface area contributed by atoms with E-state index in [1.165, 1.54) is 12.3 Å². The first-order chi connectivity index (χ1) is 11.2. The molecule has 3 rings (SSSR count). The van der Waals surface area contributed by atoms with Crippen molar-refractivity contribution in [2.75, 3.05) is 0 Å². The summed E-state index contributed by atoms with van der Waals surface area (Å²) in [5, 5.41) is 4.91. The molecule has 2 N–H and O–H groups in total. The number of rotatable bonds is 5. The average molecular weight is 309 g/mol. The van der Waals surface area contributed by atoms with Crippen LogP contribution < -0.4 is 5.43 Å². The van der Waals surface area contributed by atoms with Gasteiger partial charge in [0, 0.05) is 29.1 Å². The van der Waals surface area contributed by atoms with Crippen molar-refractivity contribution >= 4 is 23.0 Å². The first kappa shape index (κ1) is 15.0. The van der Waals surface area contributed by atoms with E-state index < -0.39 is 0 Å². The van der Waals surface area contributed by atoms with Crippen molar-refractivity contribution in [1.82, 2.24) is 10.4 Å². The first-order valence-corrected chi connectivity index (χ1v) is 7.35. The smallest absolute Gasteiger partial charge is 0.240 e. The fourth-order valence-electron chi connectivity index (χ4n) is 2.40. The average Bonchev–Trinajstić information content (AvgIpc) is 2.98. The maximum Gasteiger partial charge on any atom is 0.240 e. The Balaban J connectivity index is 1.55. The number of aromatic nitrogens is 1. The highest BCUT2D eigenvalue weighted by molar-refractivity contribution is 5.85. The Morgan fingerprint density at radius 3 is 2.83 bits per heavy atom. The minimum atomic E-state index is -0.371. The van der Waals surface area contributed by atoms with Crippen LogP contribution in [0.1, 0.15) is 17.5 Å². The molecule has 0 aliphatic heterocycles. The summed E-state index contributed by atoms with van der Waals surface area (Å²) in [7, 11) is 0. The Morgan fingerprint density at radius 1 is 1.17 bits per heavy atom. The summed E-state index contributed by atoms with van der Waals surface area (Å²) >= 11 is 0. The maximum absolute atomic E-state index is 13.4. The molecule has 116 valence electrons. The summed E-state index contributed by atoms with van der Waals surface area (Å²) in [6.07, 6.45) is 4.15. The first-order valence-electron chi connectivity index (χ1n) is 7.35. The number of nitrogens with one attached hydrogen (secondary N) is 2. The number of halogens is 1. The van der Waals surface area contributed by atoms with Crippen LogP contribution in [0.3, 0.4) is 0 Å². The van der Waals surface area contributed by atoms with Gasteiger partial charge in [-0.25, -0.2) is 9.82 Å². The van der Waals surface area contributed by atoms with Gasteiger partial charge >= 0.3 is 0 Å². The molecular weight excluding hydrogens is 293 g/mol. The van der Waals surface area contributed by atoms with Gasteiger partial charge in [-0.3, -0.25) is 4.79 Å². The second kappa shape index (κ2) is 6.87. The molecule has 0 radical (unpaired) electrons. The van der Waals surface area contributed by atoms with Gasteiger partial charge in [0.25, 0.3) is 0 Å². The van der Waals surface area contributed by atoms with E-state index in [1.54, 1.807) is 18.2 Å². The number of hydrazone groups is 1.